The number of rotatable bonds is 7. The molecular formula is C18H31N3. The zero-order valence-corrected chi connectivity index (χ0v) is 13.9. The molecule has 1 saturated carbocycles. The third-order valence-corrected chi connectivity index (χ3v) is 4.62. The maximum Gasteiger partial charge on any atom is 0.128 e. The van der Waals surface area contributed by atoms with Crippen molar-refractivity contribution in [3.05, 3.63) is 23.9 Å². The van der Waals surface area contributed by atoms with E-state index in [4.69, 9.17) is 0 Å². The van der Waals surface area contributed by atoms with Gasteiger partial charge < -0.3 is 10.2 Å². The minimum Gasteiger partial charge on any atom is -0.359 e. The van der Waals surface area contributed by atoms with Crippen molar-refractivity contribution in [2.45, 2.75) is 58.4 Å². The van der Waals surface area contributed by atoms with Crippen molar-refractivity contribution >= 4 is 5.82 Å². The monoisotopic (exact) mass is 289 g/mol. The zero-order chi connectivity index (χ0) is 15.1. The Morgan fingerprint density at radius 2 is 2.10 bits per heavy atom. The molecule has 0 amide bonds. The normalized spacial score (nSPS) is 17.7. The summed E-state index contributed by atoms with van der Waals surface area (Å²) in [7, 11) is 2.19. The van der Waals surface area contributed by atoms with Gasteiger partial charge in [0.05, 0.1) is 0 Å². The fourth-order valence-electron chi connectivity index (χ4n) is 3.24. The first kappa shape index (κ1) is 16.3. The van der Waals surface area contributed by atoms with Crippen molar-refractivity contribution in [2.24, 2.45) is 5.92 Å². The zero-order valence-electron chi connectivity index (χ0n) is 13.9. The molecule has 1 atom stereocenters. The summed E-state index contributed by atoms with van der Waals surface area (Å²) < 4.78 is 0. The summed E-state index contributed by atoms with van der Waals surface area (Å²) in [5, 5.41) is 3.55. The van der Waals surface area contributed by atoms with E-state index >= 15 is 0 Å². The minimum absolute atomic E-state index is 0.398. The highest BCUT2D eigenvalue weighted by atomic mass is 15.2. The summed E-state index contributed by atoms with van der Waals surface area (Å²) in [5.41, 5.74) is 1.34. The van der Waals surface area contributed by atoms with Crippen LogP contribution in [0.1, 0.15) is 64.0 Å². The maximum atomic E-state index is 4.57. The standard InChI is InChI=1S/C18H31N3/c1-4-11-19-15(2)17-10-12-20-18(13-17)21(3)14-16-8-6-5-7-9-16/h10,12-13,15-16,19H,4-9,11,14H2,1-3H3. The van der Waals surface area contributed by atoms with Gasteiger partial charge in [-0.25, -0.2) is 4.98 Å². The van der Waals surface area contributed by atoms with E-state index < -0.39 is 0 Å². The van der Waals surface area contributed by atoms with Crippen LogP contribution < -0.4 is 10.2 Å². The van der Waals surface area contributed by atoms with Crippen LogP contribution >= 0.6 is 0 Å². The minimum atomic E-state index is 0.398. The highest BCUT2D eigenvalue weighted by molar-refractivity contribution is 5.41. The van der Waals surface area contributed by atoms with E-state index in [1.54, 1.807) is 0 Å². The third kappa shape index (κ3) is 4.99. The smallest absolute Gasteiger partial charge is 0.128 e. The highest BCUT2D eigenvalue weighted by Gasteiger charge is 2.16. The van der Waals surface area contributed by atoms with Crippen LogP contribution in [0.2, 0.25) is 0 Å². The Balaban J connectivity index is 1.95. The van der Waals surface area contributed by atoms with Gasteiger partial charge in [0.25, 0.3) is 0 Å². The lowest BCUT2D eigenvalue weighted by atomic mass is 9.89. The Bertz CT molecular complexity index is 413. The molecule has 1 aromatic rings. The van der Waals surface area contributed by atoms with E-state index in [0.717, 1.165) is 24.8 Å². The van der Waals surface area contributed by atoms with Gasteiger partial charge in [-0.15, -0.1) is 0 Å². The number of pyridine rings is 1. The van der Waals surface area contributed by atoms with Crippen LogP contribution in [-0.2, 0) is 0 Å². The topological polar surface area (TPSA) is 28.2 Å². The van der Waals surface area contributed by atoms with Crippen LogP contribution in [0.15, 0.2) is 18.3 Å². The van der Waals surface area contributed by atoms with Crippen LogP contribution in [0.25, 0.3) is 0 Å². The summed E-state index contributed by atoms with van der Waals surface area (Å²) in [4.78, 5) is 6.90. The summed E-state index contributed by atoms with van der Waals surface area (Å²) in [6.07, 6.45) is 10.1. The molecule has 118 valence electrons. The van der Waals surface area contributed by atoms with E-state index in [0.29, 0.717) is 6.04 Å². The van der Waals surface area contributed by atoms with Crippen LogP contribution in [0.5, 0.6) is 0 Å². The first-order valence-corrected chi connectivity index (χ1v) is 8.61. The largest absolute Gasteiger partial charge is 0.359 e. The second-order valence-corrected chi connectivity index (χ2v) is 6.51. The molecule has 0 aliphatic heterocycles. The van der Waals surface area contributed by atoms with Crippen LogP contribution in [0.3, 0.4) is 0 Å². The Kier molecular flexibility index (Phi) is 6.50. The van der Waals surface area contributed by atoms with E-state index in [2.05, 4.69) is 48.2 Å². The quantitative estimate of drug-likeness (QED) is 0.817. The number of hydrogen-bond donors (Lipinski definition) is 1. The maximum absolute atomic E-state index is 4.57. The number of anilines is 1. The fraction of sp³-hybridized carbons (Fsp3) is 0.722. The number of aromatic nitrogens is 1. The Hall–Kier alpha value is -1.09. The summed E-state index contributed by atoms with van der Waals surface area (Å²) >= 11 is 0. The predicted octanol–water partition coefficient (Wildman–Crippen LogP) is 4.16. The van der Waals surface area contributed by atoms with Gasteiger partial charge in [-0.1, -0.05) is 26.2 Å². The summed E-state index contributed by atoms with van der Waals surface area (Å²) in [6, 6.07) is 4.77. The Morgan fingerprint density at radius 3 is 2.81 bits per heavy atom. The molecule has 0 spiro atoms. The van der Waals surface area contributed by atoms with Gasteiger partial charge in [-0.05, 0) is 56.3 Å². The summed E-state index contributed by atoms with van der Waals surface area (Å²) in [5.74, 6) is 1.97. The van der Waals surface area contributed by atoms with Gasteiger partial charge >= 0.3 is 0 Å². The molecule has 1 unspecified atom stereocenters. The van der Waals surface area contributed by atoms with Gasteiger partial charge in [0.2, 0.25) is 0 Å². The third-order valence-electron chi connectivity index (χ3n) is 4.62. The highest BCUT2D eigenvalue weighted by Crippen LogP contribution is 2.26. The van der Waals surface area contributed by atoms with E-state index in [9.17, 15) is 0 Å². The van der Waals surface area contributed by atoms with Crippen molar-refractivity contribution in [3.8, 4) is 0 Å². The van der Waals surface area contributed by atoms with Gasteiger partial charge in [-0.2, -0.15) is 0 Å². The average molecular weight is 289 g/mol. The molecule has 2 rings (SSSR count). The van der Waals surface area contributed by atoms with E-state index in [1.807, 2.05) is 6.20 Å². The second-order valence-electron chi connectivity index (χ2n) is 6.51. The van der Waals surface area contributed by atoms with Crippen LogP contribution in [0.4, 0.5) is 5.82 Å². The molecule has 1 aliphatic carbocycles. The van der Waals surface area contributed by atoms with Crippen molar-refractivity contribution in [1.29, 1.82) is 0 Å². The first-order valence-electron chi connectivity index (χ1n) is 8.61. The van der Waals surface area contributed by atoms with Gasteiger partial charge in [0.15, 0.2) is 0 Å². The second kappa shape index (κ2) is 8.38. The SMILES string of the molecule is CCCNC(C)c1ccnc(N(C)CC2CCCCC2)c1. The molecular weight excluding hydrogens is 258 g/mol. The number of nitrogens with zero attached hydrogens (tertiary/aromatic N) is 2. The van der Waals surface area contributed by atoms with Gasteiger partial charge in [-0.3, -0.25) is 0 Å². The first-order chi connectivity index (χ1) is 10.2. The molecule has 3 nitrogen and oxygen atoms in total. The Labute approximate surface area is 130 Å². The number of hydrogen-bond acceptors (Lipinski definition) is 3. The molecule has 1 fully saturated rings. The van der Waals surface area contributed by atoms with E-state index in [-0.39, 0.29) is 0 Å². The lowest BCUT2D eigenvalue weighted by molar-refractivity contribution is 0.361. The predicted molar refractivity (Wildman–Crippen MR) is 90.8 cm³/mol. The van der Waals surface area contributed by atoms with Crippen molar-refractivity contribution < 1.29 is 0 Å². The molecule has 1 aliphatic rings. The lowest BCUT2D eigenvalue weighted by Crippen LogP contribution is -2.28. The molecule has 0 saturated heterocycles. The average Bonchev–Trinajstić information content (AvgIpc) is 2.53. The molecule has 21 heavy (non-hydrogen) atoms. The molecule has 1 N–H and O–H groups in total. The van der Waals surface area contributed by atoms with Gasteiger partial charge in [0, 0.05) is 25.8 Å². The van der Waals surface area contributed by atoms with E-state index in [1.165, 1.54) is 44.1 Å². The van der Waals surface area contributed by atoms with Crippen LogP contribution in [-0.4, -0.2) is 25.1 Å². The van der Waals surface area contributed by atoms with Crippen molar-refractivity contribution in [2.75, 3.05) is 25.0 Å². The Morgan fingerprint density at radius 1 is 1.33 bits per heavy atom. The molecule has 0 radical (unpaired) electrons. The number of nitrogens with one attached hydrogen (secondary N) is 1. The summed E-state index contributed by atoms with van der Waals surface area (Å²) in [6.45, 7) is 6.65. The van der Waals surface area contributed by atoms with Crippen LogP contribution in [0, 0.1) is 5.92 Å². The molecule has 1 aromatic heterocycles. The lowest BCUT2D eigenvalue weighted by Gasteiger charge is -2.28. The molecule has 1 heterocycles. The molecule has 0 bridgehead atoms. The van der Waals surface area contributed by atoms with Crippen molar-refractivity contribution in [3.63, 3.8) is 0 Å². The fourth-order valence-corrected chi connectivity index (χ4v) is 3.24. The molecule has 3 heteroatoms. The van der Waals surface area contributed by atoms with Gasteiger partial charge in [0.1, 0.15) is 5.82 Å². The van der Waals surface area contributed by atoms with Crippen molar-refractivity contribution in [1.82, 2.24) is 10.3 Å². The molecule has 0 aromatic carbocycles.